The predicted molar refractivity (Wildman–Crippen MR) is 80.3 cm³/mol. The Morgan fingerprint density at radius 1 is 1.00 bits per heavy atom. The van der Waals surface area contributed by atoms with Gasteiger partial charge in [-0.2, -0.15) is 0 Å². The van der Waals surface area contributed by atoms with Gasteiger partial charge in [0.05, 0.1) is 8.95 Å². The molecule has 2 aromatic rings. The van der Waals surface area contributed by atoms with E-state index >= 15 is 0 Å². The first-order chi connectivity index (χ1) is 8.58. The quantitative estimate of drug-likeness (QED) is 0.598. The van der Waals surface area contributed by atoms with Crippen LogP contribution in [-0.4, -0.2) is 0 Å². The van der Waals surface area contributed by atoms with Crippen LogP contribution in [0.25, 0.3) is 0 Å². The Morgan fingerprint density at radius 2 is 1.61 bits per heavy atom. The smallest absolute Gasteiger partial charge is 0.148 e. The molecule has 2 aromatic carbocycles. The summed E-state index contributed by atoms with van der Waals surface area (Å²) in [4.78, 5) is 0. The van der Waals surface area contributed by atoms with E-state index in [0.717, 1.165) is 13.4 Å². The first kappa shape index (κ1) is 14.0. The summed E-state index contributed by atoms with van der Waals surface area (Å²) in [6.45, 7) is 0.186. The standard InChI is InChI=1S/C13H8Br3FO/c14-9-5-10(15)13(11(16)6-9)18-7-8-3-1-2-4-12(8)17/h1-6H,7H2. The Hall–Kier alpha value is -0.390. The zero-order valence-corrected chi connectivity index (χ0v) is 13.8. The van der Waals surface area contributed by atoms with E-state index in [0.29, 0.717) is 11.3 Å². The van der Waals surface area contributed by atoms with Crippen LogP contribution in [0.3, 0.4) is 0 Å². The molecule has 0 aliphatic heterocycles. The zero-order chi connectivity index (χ0) is 13.1. The Morgan fingerprint density at radius 3 is 2.22 bits per heavy atom. The average molecular weight is 439 g/mol. The van der Waals surface area contributed by atoms with E-state index in [1.54, 1.807) is 18.2 Å². The van der Waals surface area contributed by atoms with Crippen molar-refractivity contribution in [2.24, 2.45) is 0 Å². The summed E-state index contributed by atoms with van der Waals surface area (Å²) in [6, 6.07) is 10.3. The molecule has 2 rings (SSSR count). The fourth-order valence-corrected chi connectivity index (χ4v) is 3.92. The molecule has 0 unspecified atom stereocenters. The molecule has 5 heteroatoms. The van der Waals surface area contributed by atoms with Crippen molar-refractivity contribution in [2.45, 2.75) is 6.61 Å². The van der Waals surface area contributed by atoms with Crippen molar-refractivity contribution < 1.29 is 9.13 Å². The van der Waals surface area contributed by atoms with Crippen LogP contribution in [0.1, 0.15) is 5.56 Å². The van der Waals surface area contributed by atoms with Gasteiger partial charge in [0.1, 0.15) is 18.2 Å². The lowest BCUT2D eigenvalue weighted by atomic mass is 10.2. The molecule has 1 nitrogen and oxygen atoms in total. The minimum absolute atomic E-state index is 0.186. The van der Waals surface area contributed by atoms with Gasteiger partial charge in [-0.15, -0.1) is 0 Å². The van der Waals surface area contributed by atoms with Gasteiger partial charge in [-0.25, -0.2) is 4.39 Å². The van der Waals surface area contributed by atoms with Gasteiger partial charge < -0.3 is 4.74 Å². The molecular weight excluding hydrogens is 431 g/mol. The number of hydrogen-bond donors (Lipinski definition) is 0. The number of rotatable bonds is 3. The number of ether oxygens (including phenoxy) is 1. The lowest BCUT2D eigenvalue weighted by Gasteiger charge is -2.11. The molecule has 0 aliphatic carbocycles. The van der Waals surface area contributed by atoms with Crippen molar-refractivity contribution in [2.75, 3.05) is 0 Å². The molecule has 0 spiro atoms. The maximum atomic E-state index is 13.4. The molecule has 0 N–H and O–H groups in total. The van der Waals surface area contributed by atoms with Crippen LogP contribution in [0.15, 0.2) is 49.8 Å². The summed E-state index contributed by atoms with van der Waals surface area (Å²) in [7, 11) is 0. The summed E-state index contributed by atoms with van der Waals surface area (Å²) < 4.78 is 21.6. The SMILES string of the molecule is Fc1ccccc1COc1c(Br)cc(Br)cc1Br. The summed E-state index contributed by atoms with van der Waals surface area (Å²) in [5.41, 5.74) is 0.527. The minimum atomic E-state index is -0.262. The maximum absolute atomic E-state index is 13.4. The van der Waals surface area contributed by atoms with Crippen LogP contribution in [0.5, 0.6) is 5.75 Å². The van der Waals surface area contributed by atoms with Crippen LogP contribution in [-0.2, 0) is 6.61 Å². The summed E-state index contributed by atoms with van der Waals surface area (Å²) in [5, 5.41) is 0. The van der Waals surface area contributed by atoms with Gasteiger partial charge >= 0.3 is 0 Å². The van der Waals surface area contributed by atoms with Crippen LogP contribution in [0.4, 0.5) is 4.39 Å². The van der Waals surface area contributed by atoms with E-state index in [-0.39, 0.29) is 12.4 Å². The van der Waals surface area contributed by atoms with Gasteiger partial charge in [-0.1, -0.05) is 34.1 Å². The lowest BCUT2D eigenvalue weighted by Crippen LogP contribution is -1.99. The van der Waals surface area contributed by atoms with E-state index in [9.17, 15) is 4.39 Å². The molecule has 0 atom stereocenters. The Labute approximate surface area is 130 Å². The molecule has 0 aromatic heterocycles. The van der Waals surface area contributed by atoms with Gasteiger partial charge in [-0.05, 0) is 50.1 Å². The number of benzene rings is 2. The van der Waals surface area contributed by atoms with Crippen LogP contribution >= 0.6 is 47.8 Å². The van der Waals surface area contributed by atoms with Gasteiger partial charge in [-0.3, -0.25) is 0 Å². The van der Waals surface area contributed by atoms with E-state index in [2.05, 4.69) is 47.8 Å². The zero-order valence-electron chi connectivity index (χ0n) is 9.09. The van der Waals surface area contributed by atoms with Crippen molar-refractivity contribution in [1.82, 2.24) is 0 Å². The van der Waals surface area contributed by atoms with Crippen molar-refractivity contribution in [3.8, 4) is 5.75 Å². The van der Waals surface area contributed by atoms with Gasteiger partial charge in [0.2, 0.25) is 0 Å². The molecule has 0 saturated carbocycles. The topological polar surface area (TPSA) is 9.23 Å². The second kappa shape index (κ2) is 6.17. The lowest BCUT2D eigenvalue weighted by molar-refractivity contribution is 0.296. The molecule has 0 fully saturated rings. The van der Waals surface area contributed by atoms with Crippen molar-refractivity contribution in [3.63, 3.8) is 0 Å². The third kappa shape index (κ3) is 3.33. The molecule has 94 valence electrons. The molecule has 0 aliphatic rings. The highest BCUT2D eigenvalue weighted by Crippen LogP contribution is 2.36. The van der Waals surface area contributed by atoms with E-state index in [1.165, 1.54) is 6.07 Å². The third-order valence-corrected chi connectivity index (χ3v) is 3.93. The molecule has 0 saturated heterocycles. The summed E-state index contributed by atoms with van der Waals surface area (Å²) in [5.74, 6) is 0.392. The largest absolute Gasteiger partial charge is 0.486 e. The van der Waals surface area contributed by atoms with E-state index in [4.69, 9.17) is 4.74 Å². The highest BCUT2D eigenvalue weighted by molar-refractivity contribution is 9.11. The van der Waals surface area contributed by atoms with Crippen molar-refractivity contribution >= 4 is 47.8 Å². The second-order valence-electron chi connectivity index (χ2n) is 3.58. The molecule has 0 bridgehead atoms. The van der Waals surface area contributed by atoms with Gasteiger partial charge in [0.25, 0.3) is 0 Å². The first-order valence-electron chi connectivity index (χ1n) is 5.08. The molecule has 0 radical (unpaired) electrons. The normalized spacial score (nSPS) is 10.4. The average Bonchev–Trinajstić information content (AvgIpc) is 2.30. The highest BCUT2D eigenvalue weighted by atomic mass is 79.9. The molecule has 0 amide bonds. The third-order valence-electron chi connectivity index (χ3n) is 2.29. The minimum Gasteiger partial charge on any atom is -0.486 e. The second-order valence-corrected chi connectivity index (χ2v) is 6.20. The Bertz CT molecular complexity index is 549. The monoisotopic (exact) mass is 436 g/mol. The van der Waals surface area contributed by atoms with Crippen LogP contribution in [0, 0.1) is 5.82 Å². The number of halogens is 4. The van der Waals surface area contributed by atoms with Crippen LogP contribution < -0.4 is 4.74 Å². The highest BCUT2D eigenvalue weighted by Gasteiger charge is 2.09. The maximum Gasteiger partial charge on any atom is 0.148 e. The first-order valence-corrected chi connectivity index (χ1v) is 7.46. The predicted octanol–water partition coefficient (Wildman–Crippen LogP) is 5.69. The van der Waals surface area contributed by atoms with Crippen LogP contribution in [0.2, 0.25) is 0 Å². The molecular formula is C13H8Br3FO. The molecule has 18 heavy (non-hydrogen) atoms. The van der Waals surface area contributed by atoms with E-state index < -0.39 is 0 Å². The van der Waals surface area contributed by atoms with Crippen molar-refractivity contribution in [3.05, 3.63) is 61.2 Å². The van der Waals surface area contributed by atoms with E-state index in [1.807, 2.05) is 12.1 Å². The Balaban J connectivity index is 2.19. The fraction of sp³-hybridized carbons (Fsp3) is 0.0769. The van der Waals surface area contributed by atoms with Gasteiger partial charge in [0, 0.05) is 10.0 Å². The fourth-order valence-electron chi connectivity index (χ4n) is 1.43. The summed E-state index contributed by atoms with van der Waals surface area (Å²) in [6.07, 6.45) is 0. The number of hydrogen-bond acceptors (Lipinski definition) is 1. The Kier molecular flexibility index (Phi) is 4.81. The summed E-state index contributed by atoms with van der Waals surface area (Å²) >= 11 is 10.2. The van der Waals surface area contributed by atoms with Crippen molar-refractivity contribution in [1.29, 1.82) is 0 Å². The molecule has 0 heterocycles. The van der Waals surface area contributed by atoms with Gasteiger partial charge in [0.15, 0.2) is 0 Å².